The third-order valence-electron chi connectivity index (χ3n) is 3.54. The Labute approximate surface area is 141 Å². The largest absolute Gasteiger partial charge is 0.355 e. The van der Waals surface area contributed by atoms with Crippen LogP contribution in [0.2, 0.25) is 0 Å². The van der Waals surface area contributed by atoms with Crippen molar-refractivity contribution in [3.63, 3.8) is 0 Å². The molecule has 2 aromatic rings. The standard InChI is InChI=1S/C17H24N4OS/c1-3-5-6-11-18-15(22)12-23-17-19-16(20-21-17)14-9-7-13(4-2)8-10-14/h7-10H,3-6,11-12H2,1-2H3,(H,18,22)(H,19,20,21). The number of aromatic amines is 1. The molecular formula is C17H24N4OS. The quantitative estimate of drug-likeness (QED) is 0.545. The summed E-state index contributed by atoms with van der Waals surface area (Å²) in [7, 11) is 0. The minimum atomic E-state index is 0.0322. The molecule has 0 aliphatic carbocycles. The molecule has 0 radical (unpaired) electrons. The second-order valence-corrected chi connectivity index (χ2v) is 6.31. The first-order valence-electron chi connectivity index (χ1n) is 8.14. The fourth-order valence-electron chi connectivity index (χ4n) is 2.12. The van der Waals surface area contributed by atoms with E-state index in [1.165, 1.54) is 17.3 Å². The van der Waals surface area contributed by atoms with E-state index in [9.17, 15) is 4.79 Å². The highest BCUT2D eigenvalue weighted by Crippen LogP contribution is 2.19. The van der Waals surface area contributed by atoms with E-state index in [2.05, 4.69) is 46.5 Å². The first kappa shape index (κ1) is 17.5. The number of amides is 1. The van der Waals surface area contributed by atoms with Crippen LogP contribution in [-0.2, 0) is 11.2 Å². The normalized spacial score (nSPS) is 10.7. The minimum Gasteiger partial charge on any atom is -0.355 e. The number of aromatic nitrogens is 3. The molecule has 0 saturated heterocycles. The van der Waals surface area contributed by atoms with Crippen LogP contribution in [-0.4, -0.2) is 33.4 Å². The molecule has 0 unspecified atom stereocenters. The number of aryl methyl sites for hydroxylation is 1. The van der Waals surface area contributed by atoms with Crippen LogP contribution in [0.5, 0.6) is 0 Å². The van der Waals surface area contributed by atoms with Crippen molar-refractivity contribution in [1.29, 1.82) is 0 Å². The number of carbonyl (C=O) groups is 1. The van der Waals surface area contributed by atoms with Crippen LogP contribution in [0.4, 0.5) is 0 Å². The van der Waals surface area contributed by atoms with E-state index in [1.54, 1.807) is 0 Å². The van der Waals surface area contributed by atoms with Crippen molar-refractivity contribution < 1.29 is 4.79 Å². The molecule has 0 spiro atoms. The molecule has 2 rings (SSSR count). The van der Waals surface area contributed by atoms with Gasteiger partial charge in [-0.3, -0.25) is 9.89 Å². The predicted octanol–water partition coefficient (Wildman–Crippen LogP) is 3.43. The van der Waals surface area contributed by atoms with Gasteiger partial charge in [0.05, 0.1) is 5.75 Å². The Balaban J connectivity index is 1.81. The maximum absolute atomic E-state index is 11.7. The van der Waals surface area contributed by atoms with Crippen LogP contribution in [0.1, 0.15) is 38.7 Å². The summed E-state index contributed by atoms with van der Waals surface area (Å²) >= 11 is 1.35. The van der Waals surface area contributed by atoms with Gasteiger partial charge in [-0.1, -0.05) is 62.7 Å². The van der Waals surface area contributed by atoms with Gasteiger partial charge in [0.15, 0.2) is 5.82 Å². The summed E-state index contributed by atoms with van der Waals surface area (Å²) in [6.07, 6.45) is 4.36. The lowest BCUT2D eigenvalue weighted by Crippen LogP contribution is -2.26. The number of unbranched alkanes of at least 4 members (excludes halogenated alkanes) is 2. The fourth-order valence-corrected chi connectivity index (χ4v) is 2.75. The van der Waals surface area contributed by atoms with Crippen molar-refractivity contribution in [2.75, 3.05) is 12.3 Å². The third kappa shape index (κ3) is 5.71. The number of nitrogens with zero attached hydrogens (tertiary/aromatic N) is 2. The number of thioether (sulfide) groups is 1. The molecule has 0 fully saturated rings. The topological polar surface area (TPSA) is 70.7 Å². The van der Waals surface area contributed by atoms with E-state index in [0.29, 0.717) is 10.9 Å². The Morgan fingerprint density at radius 1 is 1.22 bits per heavy atom. The second-order valence-electron chi connectivity index (χ2n) is 5.36. The lowest BCUT2D eigenvalue weighted by atomic mass is 10.1. The maximum Gasteiger partial charge on any atom is 0.230 e. The number of hydrogen-bond donors (Lipinski definition) is 2. The van der Waals surface area contributed by atoms with Crippen molar-refractivity contribution in [1.82, 2.24) is 20.5 Å². The van der Waals surface area contributed by atoms with Gasteiger partial charge >= 0.3 is 0 Å². The smallest absolute Gasteiger partial charge is 0.230 e. The monoisotopic (exact) mass is 332 g/mol. The fraction of sp³-hybridized carbons (Fsp3) is 0.471. The van der Waals surface area contributed by atoms with Crippen molar-refractivity contribution in [2.45, 2.75) is 44.7 Å². The zero-order chi connectivity index (χ0) is 16.5. The van der Waals surface area contributed by atoms with Crippen molar-refractivity contribution in [3.05, 3.63) is 29.8 Å². The molecule has 0 aliphatic heterocycles. The number of carbonyl (C=O) groups excluding carboxylic acids is 1. The number of H-pyrrole nitrogens is 1. The minimum absolute atomic E-state index is 0.0322. The van der Waals surface area contributed by atoms with Crippen molar-refractivity contribution in [2.24, 2.45) is 0 Å². The lowest BCUT2D eigenvalue weighted by molar-refractivity contribution is -0.118. The van der Waals surface area contributed by atoms with Gasteiger partial charge in [0.1, 0.15) is 0 Å². The van der Waals surface area contributed by atoms with Crippen molar-refractivity contribution >= 4 is 17.7 Å². The summed E-state index contributed by atoms with van der Waals surface area (Å²) in [6, 6.07) is 8.26. The average Bonchev–Trinajstić information content (AvgIpc) is 3.06. The van der Waals surface area contributed by atoms with Crippen molar-refractivity contribution in [3.8, 4) is 11.4 Å². The van der Waals surface area contributed by atoms with Gasteiger partial charge in [0, 0.05) is 12.1 Å². The summed E-state index contributed by atoms with van der Waals surface area (Å²) in [5, 5.41) is 10.6. The van der Waals surface area contributed by atoms with Crippen LogP contribution in [0.25, 0.3) is 11.4 Å². The first-order chi connectivity index (χ1) is 11.2. The molecule has 2 N–H and O–H groups in total. The zero-order valence-electron chi connectivity index (χ0n) is 13.8. The summed E-state index contributed by atoms with van der Waals surface area (Å²) in [6.45, 7) is 5.02. The molecule has 0 aliphatic rings. The van der Waals surface area contributed by atoms with Crippen LogP contribution < -0.4 is 5.32 Å². The summed E-state index contributed by atoms with van der Waals surface area (Å²) in [4.78, 5) is 16.2. The SMILES string of the molecule is CCCCCNC(=O)CSc1n[nH]c(-c2ccc(CC)cc2)n1. The number of benzene rings is 1. The maximum atomic E-state index is 11.7. The van der Waals surface area contributed by atoms with Crippen LogP contribution in [0, 0.1) is 0 Å². The van der Waals surface area contributed by atoms with E-state index in [0.717, 1.165) is 43.6 Å². The highest BCUT2D eigenvalue weighted by Gasteiger charge is 2.08. The predicted molar refractivity (Wildman–Crippen MR) is 94.5 cm³/mol. The molecule has 0 atom stereocenters. The third-order valence-corrected chi connectivity index (χ3v) is 4.38. The van der Waals surface area contributed by atoms with E-state index < -0.39 is 0 Å². The molecular weight excluding hydrogens is 308 g/mol. The van der Waals surface area contributed by atoms with Crippen LogP contribution in [0.15, 0.2) is 29.4 Å². The molecule has 6 heteroatoms. The molecule has 1 heterocycles. The zero-order valence-corrected chi connectivity index (χ0v) is 14.6. The number of nitrogens with one attached hydrogen (secondary N) is 2. The molecule has 1 amide bonds. The van der Waals surface area contributed by atoms with Crippen LogP contribution in [0.3, 0.4) is 0 Å². The van der Waals surface area contributed by atoms with E-state index >= 15 is 0 Å². The van der Waals surface area contributed by atoms with Gasteiger partial charge < -0.3 is 5.32 Å². The highest BCUT2D eigenvalue weighted by molar-refractivity contribution is 7.99. The summed E-state index contributed by atoms with van der Waals surface area (Å²) < 4.78 is 0. The second kappa shape index (κ2) is 9.35. The Hall–Kier alpha value is -1.82. The van der Waals surface area contributed by atoms with Gasteiger partial charge in [-0.2, -0.15) is 0 Å². The Morgan fingerprint density at radius 3 is 2.70 bits per heavy atom. The van der Waals surface area contributed by atoms with Gasteiger partial charge in [-0.25, -0.2) is 4.98 Å². The molecule has 5 nitrogen and oxygen atoms in total. The summed E-state index contributed by atoms with van der Waals surface area (Å²) in [5.74, 6) is 1.11. The first-order valence-corrected chi connectivity index (χ1v) is 9.12. The molecule has 0 saturated carbocycles. The van der Waals surface area contributed by atoms with Gasteiger partial charge in [-0.15, -0.1) is 5.10 Å². The number of rotatable bonds is 9. The Bertz CT molecular complexity index is 609. The molecule has 1 aromatic carbocycles. The molecule has 23 heavy (non-hydrogen) atoms. The number of hydrogen-bond acceptors (Lipinski definition) is 4. The average molecular weight is 332 g/mol. The summed E-state index contributed by atoms with van der Waals surface area (Å²) in [5.41, 5.74) is 2.30. The highest BCUT2D eigenvalue weighted by atomic mass is 32.2. The van der Waals surface area contributed by atoms with Gasteiger partial charge in [-0.05, 0) is 18.4 Å². The molecule has 0 bridgehead atoms. The Morgan fingerprint density at radius 2 is 2.00 bits per heavy atom. The van der Waals surface area contributed by atoms with Crippen LogP contribution >= 0.6 is 11.8 Å². The molecule has 124 valence electrons. The molecule has 1 aromatic heterocycles. The van der Waals surface area contributed by atoms with Gasteiger partial charge in [0.2, 0.25) is 11.1 Å². The van der Waals surface area contributed by atoms with E-state index in [1.807, 2.05) is 12.1 Å². The van der Waals surface area contributed by atoms with E-state index in [4.69, 9.17) is 0 Å². The lowest BCUT2D eigenvalue weighted by Gasteiger charge is -2.02. The van der Waals surface area contributed by atoms with Gasteiger partial charge in [0.25, 0.3) is 0 Å². The van der Waals surface area contributed by atoms with E-state index in [-0.39, 0.29) is 5.91 Å². The Kier molecular flexibility index (Phi) is 7.13.